The number of benzene rings is 2. The summed E-state index contributed by atoms with van der Waals surface area (Å²) < 4.78 is 5.78. The maximum absolute atomic E-state index is 12.5. The van der Waals surface area contributed by atoms with Gasteiger partial charge in [-0.3, -0.25) is 9.59 Å². The molecule has 0 radical (unpaired) electrons. The minimum absolute atomic E-state index is 0.0996. The number of aliphatic hydroxyl groups is 1. The average Bonchev–Trinajstić information content (AvgIpc) is 3.00. The lowest BCUT2D eigenvalue weighted by Gasteiger charge is -2.15. The van der Waals surface area contributed by atoms with Crippen LogP contribution in [0.3, 0.4) is 0 Å². The van der Waals surface area contributed by atoms with Crippen molar-refractivity contribution in [3.05, 3.63) is 58.3 Å². The Morgan fingerprint density at radius 2 is 1.91 bits per heavy atom. The smallest absolute Gasteiger partial charge is 0.254 e. The Morgan fingerprint density at radius 3 is 2.70 bits per heavy atom. The first-order valence-corrected chi connectivity index (χ1v) is 7.56. The molecule has 1 aromatic heterocycles. The molecule has 116 valence electrons. The molecular weight excluding hydrogens is 294 g/mol. The van der Waals surface area contributed by atoms with Crippen molar-refractivity contribution in [2.24, 2.45) is 0 Å². The molecule has 1 amide bonds. The molecule has 5 heteroatoms. The van der Waals surface area contributed by atoms with Gasteiger partial charge >= 0.3 is 0 Å². The number of β-amino-alcohol motifs (C(OH)–C–C–N with tert-alkyl or cyclic N) is 1. The van der Waals surface area contributed by atoms with E-state index in [2.05, 4.69) is 0 Å². The average molecular weight is 309 g/mol. The number of carbonyl (C=O) groups excluding carboxylic acids is 1. The number of likely N-dealkylation sites (tertiary alicyclic amines) is 1. The fourth-order valence-electron chi connectivity index (χ4n) is 3.04. The van der Waals surface area contributed by atoms with Crippen molar-refractivity contribution >= 4 is 27.8 Å². The molecule has 0 spiro atoms. The molecule has 1 unspecified atom stereocenters. The molecule has 0 saturated carbocycles. The van der Waals surface area contributed by atoms with E-state index >= 15 is 0 Å². The first-order chi connectivity index (χ1) is 11.1. The van der Waals surface area contributed by atoms with Crippen molar-refractivity contribution in [1.82, 2.24) is 4.90 Å². The number of nitrogens with zero attached hydrogens (tertiary/aromatic N) is 1. The molecule has 2 aromatic carbocycles. The zero-order chi connectivity index (χ0) is 16.0. The highest BCUT2D eigenvalue weighted by atomic mass is 16.3. The number of carbonyl (C=O) groups is 1. The summed E-state index contributed by atoms with van der Waals surface area (Å²) in [7, 11) is 0. The Morgan fingerprint density at radius 1 is 1.13 bits per heavy atom. The Bertz CT molecular complexity index is 976. The van der Waals surface area contributed by atoms with Gasteiger partial charge in [0.25, 0.3) is 5.91 Å². The van der Waals surface area contributed by atoms with Gasteiger partial charge in [-0.05, 0) is 36.8 Å². The first kappa shape index (κ1) is 14.0. The van der Waals surface area contributed by atoms with Gasteiger partial charge in [0.1, 0.15) is 11.2 Å². The lowest BCUT2D eigenvalue weighted by molar-refractivity contribution is 0.0765. The van der Waals surface area contributed by atoms with Crippen molar-refractivity contribution < 1.29 is 14.3 Å². The fraction of sp³-hybridized carbons (Fsp3) is 0.222. The first-order valence-electron chi connectivity index (χ1n) is 7.56. The predicted molar refractivity (Wildman–Crippen MR) is 86.5 cm³/mol. The van der Waals surface area contributed by atoms with E-state index in [0.29, 0.717) is 47.0 Å². The van der Waals surface area contributed by atoms with Crippen LogP contribution in [0.4, 0.5) is 0 Å². The van der Waals surface area contributed by atoms with Crippen LogP contribution < -0.4 is 5.43 Å². The van der Waals surface area contributed by atoms with Crippen molar-refractivity contribution in [2.45, 2.75) is 12.5 Å². The number of rotatable bonds is 1. The molecule has 1 N–H and O–H groups in total. The zero-order valence-corrected chi connectivity index (χ0v) is 12.4. The minimum Gasteiger partial charge on any atom is -0.456 e. The number of hydrogen-bond donors (Lipinski definition) is 1. The summed E-state index contributed by atoms with van der Waals surface area (Å²) in [4.78, 5) is 26.6. The van der Waals surface area contributed by atoms with Gasteiger partial charge in [0.2, 0.25) is 5.43 Å². The predicted octanol–water partition coefficient (Wildman–Crippen LogP) is 2.15. The van der Waals surface area contributed by atoms with E-state index in [9.17, 15) is 14.7 Å². The highest BCUT2D eigenvalue weighted by molar-refractivity contribution is 5.99. The molecule has 23 heavy (non-hydrogen) atoms. The van der Waals surface area contributed by atoms with Crippen LogP contribution in [0.2, 0.25) is 0 Å². The van der Waals surface area contributed by atoms with Crippen molar-refractivity contribution in [2.75, 3.05) is 13.1 Å². The Hall–Kier alpha value is -2.66. The fourth-order valence-corrected chi connectivity index (χ4v) is 3.04. The van der Waals surface area contributed by atoms with E-state index in [1.54, 1.807) is 47.4 Å². The third-order valence-corrected chi connectivity index (χ3v) is 4.28. The maximum Gasteiger partial charge on any atom is 0.254 e. The summed E-state index contributed by atoms with van der Waals surface area (Å²) in [6.45, 7) is 0.887. The topological polar surface area (TPSA) is 70.8 Å². The maximum atomic E-state index is 12.5. The SMILES string of the molecule is O=C(c1ccc2c(=O)c3ccccc3oc2c1)N1CCC(O)C1. The molecule has 1 fully saturated rings. The molecule has 1 aliphatic heterocycles. The Balaban J connectivity index is 1.83. The summed E-state index contributed by atoms with van der Waals surface area (Å²) in [5.41, 5.74) is 1.27. The molecular formula is C18H15NO4. The van der Waals surface area contributed by atoms with Crippen LogP contribution in [0.1, 0.15) is 16.8 Å². The lowest BCUT2D eigenvalue weighted by Crippen LogP contribution is -2.29. The van der Waals surface area contributed by atoms with Gasteiger partial charge in [-0.15, -0.1) is 0 Å². The number of fused-ring (bicyclic) bond motifs is 2. The largest absolute Gasteiger partial charge is 0.456 e. The molecule has 4 rings (SSSR count). The summed E-state index contributed by atoms with van der Waals surface area (Å²) in [6, 6.07) is 11.9. The number of aliphatic hydroxyl groups excluding tert-OH is 1. The van der Waals surface area contributed by atoms with Crippen LogP contribution in [0, 0.1) is 0 Å². The second kappa shape index (κ2) is 5.21. The summed E-state index contributed by atoms with van der Waals surface area (Å²) in [5, 5.41) is 10.6. The molecule has 5 nitrogen and oxygen atoms in total. The van der Waals surface area contributed by atoms with E-state index in [1.165, 1.54) is 0 Å². The second-order valence-corrected chi connectivity index (χ2v) is 5.83. The van der Waals surface area contributed by atoms with E-state index in [1.807, 2.05) is 0 Å². The van der Waals surface area contributed by atoms with Crippen LogP contribution in [0.5, 0.6) is 0 Å². The van der Waals surface area contributed by atoms with Gasteiger partial charge in [-0.2, -0.15) is 0 Å². The van der Waals surface area contributed by atoms with E-state index in [4.69, 9.17) is 4.42 Å². The van der Waals surface area contributed by atoms with Gasteiger partial charge < -0.3 is 14.4 Å². The van der Waals surface area contributed by atoms with Crippen LogP contribution in [-0.2, 0) is 0 Å². The summed E-state index contributed by atoms with van der Waals surface area (Å²) in [5.74, 6) is -0.153. The molecule has 2 heterocycles. The number of hydrogen-bond acceptors (Lipinski definition) is 4. The Labute approximate surface area is 131 Å². The van der Waals surface area contributed by atoms with Gasteiger partial charge in [0.05, 0.1) is 16.9 Å². The molecule has 1 saturated heterocycles. The van der Waals surface area contributed by atoms with E-state index in [0.717, 1.165) is 0 Å². The van der Waals surface area contributed by atoms with Crippen molar-refractivity contribution in [3.63, 3.8) is 0 Å². The van der Waals surface area contributed by atoms with Crippen LogP contribution in [0.25, 0.3) is 21.9 Å². The standard InChI is InChI=1S/C18H15NO4/c20-12-7-8-19(10-12)18(22)11-5-6-14-16(9-11)23-15-4-2-1-3-13(15)17(14)21/h1-6,9,12,20H,7-8,10H2. The summed E-state index contributed by atoms with van der Waals surface area (Å²) >= 11 is 0. The van der Waals surface area contributed by atoms with Gasteiger partial charge in [0, 0.05) is 18.7 Å². The monoisotopic (exact) mass is 309 g/mol. The van der Waals surface area contributed by atoms with Gasteiger partial charge in [0.15, 0.2) is 0 Å². The third kappa shape index (κ3) is 2.29. The zero-order valence-electron chi connectivity index (χ0n) is 12.4. The highest BCUT2D eigenvalue weighted by Crippen LogP contribution is 2.21. The van der Waals surface area contributed by atoms with E-state index in [-0.39, 0.29) is 11.3 Å². The molecule has 1 atom stereocenters. The van der Waals surface area contributed by atoms with Crippen LogP contribution in [-0.4, -0.2) is 35.1 Å². The molecule has 0 bridgehead atoms. The third-order valence-electron chi connectivity index (χ3n) is 4.28. The molecule has 1 aliphatic rings. The van der Waals surface area contributed by atoms with Crippen molar-refractivity contribution in [1.29, 1.82) is 0 Å². The lowest BCUT2D eigenvalue weighted by atomic mass is 10.1. The van der Waals surface area contributed by atoms with Crippen LogP contribution in [0.15, 0.2) is 51.7 Å². The Kier molecular flexibility index (Phi) is 3.16. The number of amides is 1. The normalized spacial score (nSPS) is 18.0. The second-order valence-electron chi connectivity index (χ2n) is 5.83. The minimum atomic E-state index is -0.457. The quantitative estimate of drug-likeness (QED) is 0.699. The number of para-hydroxylation sites is 1. The van der Waals surface area contributed by atoms with Crippen LogP contribution >= 0.6 is 0 Å². The van der Waals surface area contributed by atoms with E-state index < -0.39 is 6.10 Å². The molecule has 3 aromatic rings. The molecule has 0 aliphatic carbocycles. The summed E-state index contributed by atoms with van der Waals surface area (Å²) in [6.07, 6.45) is 0.139. The highest BCUT2D eigenvalue weighted by Gasteiger charge is 2.25. The van der Waals surface area contributed by atoms with Gasteiger partial charge in [-0.25, -0.2) is 0 Å². The van der Waals surface area contributed by atoms with Gasteiger partial charge in [-0.1, -0.05) is 12.1 Å². The van der Waals surface area contributed by atoms with Crippen molar-refractivity contribution in [3.8, 4) is 0 Å².